The Kier molecular flexibility index (Phi) is 3.80. The Hall–Kier alpha value is -3.02. The molecule has 128 valence electrons. The molecule has 0 unspecified atom stereocenters. The SMILES string of the molecule is Cc1cccc(NC(=O)[C@@H]2CCN(c3ccc4c(c3)OCO4)C2=O)c1. The number of rotatable bonds is 3. The lowest BCUT2D eigenvalue weighted by atomic mass is 10.1. The number of anilines is 2. The first-order valence-electron chi connectivity index (χ1n) is 8.20. The summed E-state index contributed by atoms with van der Waals surface area (Å²) in [5, 5.41) is 2.84. The molecule has 0 spiro atoms. The quantitative estimate of drug-likeness (QED) is 0.874. The Morgan fingerprint density at radius 1 is 1.16 bits per heavy atom. The first-order valence-corrected chi connectivity index (χ1v) is 8.20. The Bertz CT molecular complexity index is 849. The van der Waals surface area contributed by atoms with Gasteiger partial charge >= 0.3 is 0 Å². The molecule has 0 saturated carbocycles. The fourth-order valence-electron chi connectivity index (χ4n) is 3.18. The number of benzene rings is 2. The van der Waals surface area contributed by atoms with E-state index in [0.29, 0.717) is 30.2 Å². The molecule has 0 radical (unpaired) electrons. The van der Waals surface area contributed by atoms with Crippen LogP contribution in [0.3, 0.4) is 0 Å². The van der Waals surface area contributed by atoms with Crippen LogP contribution >= 0.6 is 0 Å². The Morgan fingerprint density at radius 2 is 2.00 bits per heavy atom. The van der Waals surface area contributed by atoms with E-state index in [0.717, 1.165) is 11.3 Å². The average molecular weight is 338 g/mol. The second-order valence-corrected chi connectivity index (χ2v) is 6.23. The molecule has 2 aromatic rings. The molecule has 0 aromatic heterocycles. The molecule has 2 amide bonds. The predicted octanol–water partition coefficient (Wildman–Crippen LogP) is 2.72. The molecule has 1 saturated heterocycles. The molecular weight excluding hydrogens is 320 g/mol. The molecule has 0 aliphatic carbocycles. The average Bonchev–Trinajstić information content (AvgIpc) is 3.20. The third-order valence-corrected chi connectivity index (χ3v) is 4.48. The van der Waals surface area contributed by atoms with Gasteiger partial charge in [0.05, 0.1) is 0 Å². The fourth-order valence-corrected chi connectivity index (χ4v) is 3.18. The largest absolute Gasteiger partial charge is 0.454 e. The molecule has 2 aliphatic heterocycles. The number of amides is 2. The van der Waals surface area contributed by atoms with Crippen molar-refractivity contribution in [1.82, 2.24) is 0 Å². The zero-order chi connectivity index (χ0) is 17.4. The van der Waals surface area contributed by atoms with E-state index in [1.807, 2.05) is 37.3 Å². The summed E-state index contributed by atoms with van der Waals surface area (Å²) in [6.45, 7) is 2.65. The standard InChI is InChI=1S/C19H18N2O4/c1-12-3-2-4-13(9-12)20-18(22)15-7-8-21(19(15)23)14-5-6-16-17(10-14)25-11-24-16/h2-6,9-10,15H,7-8,11H2,1H3,(H,20,22)/t15-/m0/s1. The van der Waals surface area contributed by atoms with Crippen molar-refractivity contribution in [3.05, 3.63) is 48.0 Å². The maximum atomic E-state index is 12.7. The van der Waals surface area contributed by atoms with Crippen molar-refractivity contribution in [3.8, 4) is 11.5 Å². The van der Waals surface area contributed by atoms with E-state index < -0.39 is 5.92 Å². The lowest BCUT2D eigenvalue weighted by molar-refractivity contribution is -0.129. The van der Waals surface area contributed by atoms with Crippen LogP contribution in [0.2, 0.25) is 0 Å². The van der Waals surface area contributed by atoms with Crippen LogP contribution in [-0.4, -0.2) is 25.2 Å². The van der Waals surface area contributed by atoms with Gasteiger partial charge in [0.15, 0.2) is 11.5 Å². The van der Waals surface area contributed by atoms with Gasteiger partial charge in [0, 0.05) is 24.0 Å². The van der Waals surface area contributed by atoms with Gasteiger partial charge in [-0.15, -0.1) is 0 Å². The van der Waals surface area contributed by atoms with Crippen molar-refractivity contribution in [2.45, 2.75) is 13.3 Å². The Morgan fingerprint density at radius 3 is 2.84 bits per heavy atom. The minimum Gasteiger partial charge on any atom is -0.454 e. The lowest BCUT2D eigenvalue weighted by Gasteiger charge is -2.17. The van der Waals surface area contributed by atoms with Crippen LogP contribution < -0.4 is 19.7 Å². The predicted molar refractivity (Wildman–Crippen MR) is 92.8 cm³/mol. The number of fused-ring (bicyclic) bond motifs is 1. The third-order valence-electron chi connectivity index (χ3n) is 4.48. The number of carbonyl (C=O) groups excluding carboxylic acids is 2. The summed E-state index contributed by atoms with van der Waals surface area (Å²) in [6.07, 6.45) is 0.491. The zero-order valence-electron chi connectivity index (χ0n) is 13.8. The van der Waals surface area contributed by atoms with Crippen molar-refractivity contribution in [2.24, 2.45) is 5.92 Å². The van der Waals surface area contributed by atoms with Crippen LogP contribution in [0.15, 0.2) is 42.5 Å². The molecule has 1 N–H and O–H groups in total. The zero-order valence-corrected chi connectivity index (χ0v) is 13.8. The molecule has 6 heteroatoms. The highest BCUT2D eigenvalue weighted by atomic mass is 16.7. The number of aryl methyl sites for hydroxylation is 1. The number of hydrogen-bond donors (Lipinski definition) is 1. The summed E-state index contributed by atoms with van der Waals surface area (Å²) < 4.78 is 10.6. The normalized spacial score (nSPS) is 18.5. The van der Waals surface area contributed by atoms with E-state index >= 15 is 0 Å². The first-order chi connectivity index (χ1) is 12.1. The van der Waals surface area contributed by atoms with E-state index in [1.165, 1.54) is 0 Å². The maximum absolute atomic E-state index is 12.7. The van der Waals surface area contributed by atoms with E-state index in [1.54, 1.807) is 17.0 Å². The smallest absolute Gasteiger partial charge is 0.239 e. The summed E-state index contributed by atoms with van der Waals surface area (Å²) in [5.74, 6) is 0.163. The highest BCUT2D eigenvalue weighted by molar-refractivity contribution is 6.13. The first kappa shape index (κ1) is 15.5. The van der Waals surface area contributed by atoms with Crippen LogP contribution in [0.25, 0.3) is 0 Å². The van der Waals surface area contributed by atoms with Gasteiger partial charge < -0.3 is 19.7 Å². The fraction of sp³-hybridized carbons (Fsp3) is 0.263. The Labute approximate surface area is 145 Å². The molecule has 2 aliphatic rings. The van der Waals surface area contributed by atoms with Crippen molar-refractivity contribution in [2.75, 3.05) is 23.6 Å². The van der Waals surface area contributed by atoms with Crippen molar-refractivity contribution in [1.29, 1.82) is 0 Å². The van der Waals surface area contributed by atoms with Gasteiger partial charge in [0.2, 0.25) is 18.6 Å². The van der Waals surface area contributed by atoms with E-state index in [2.05, 4.69) is 5.32 Å². The maximum Gasteiger partial charge on any atom is 0.239 e. The van der Waals surface area contributed by atoms with Gasteiger partial charge in [-0.3, -0.25) is 9.59 Å². The Balaban J connectivity index is 1.48. The topological polar surface area (TPSA) is 67.9 Å². The molecular formula is C19H18N2O4. The number of nitrogens with zero attached hydrogens (tertiary/aromatic N) is 1. The van der Waals surface area contributed by atoms with Crippen LogP contribution in [-0.2, 0) is 9.59 Å². The number of hydrogen-bond acceptors (Lipinski definition) is 4. The molecule has 1 atom stereocenters. The molecule has 6 nitrogen and oxygen atoms in total. The second-order valence-electron chi connectivity index (χ2n) is 6.23. The van der Waals surface area contributed by atoms with Crippen molar-refractivity contribution >= 4 is 23.2 Å². The molecule has 0 bridgehead atoms. The number of ether oxygens (including phenoxy) is 2. The van der Waals surface area contributed by atoms with Gasteiger partial charge in [-0.1, -0.05) is 12.1 Å². The van der Waals surface area contributed by atoms with E-state index in [4.69, 9.17) is 9.47 Å². The van der Waals surface area contributed by atoms with Gasteiger partial charge in [-0.2, -0.15) is 0 Å². The minimum atomic E-state index is -0.675. The van der Waals surface area contributed by atoms with Crippen LogP contribution in [0.5, 0.6) is 11.5 Å². The highest BCUT2D eigenvalue weighted by Crippen LogP contribution is 2.37. The van der Waals surface area contributed by atoms with Crippen LogP contribution in [0.1, 0.15) is 12.0 Å². The van der Waals surface area contributed by atoms with Gasteiger partial charge in [-0.05, 0) is 43.2 Å². The second kappa shape index (κ2) is 6.12. The summed E-state index contributed by atoms with van der Waals surface area (Å²) >= 11 is 0. The van der Waals surface area contributed by atoms with Gasteiger partial charge in [0.25, 0.3) is 0 Å². The molecule has 4 rings (SSSR count). The summed E-state index contributed by atoms with van der Waals surface area (Å²) in [7, 11) is 0. The molecule has 25 heavy (non-hydrogen) atoms. The van der Waals surface area contributed by atoms with Crippen LogP contribution in [0, 0.1) is 12.8 Å². The van der Waals surface area contributed by atoms with Gasteiger partial charge in [0.1, 0.15) is 5.92 Å². The summed E-state index contributed by atoms with van der Waals surface area (Å²) in [5.41, 5.74) is 2.48. The molecule has 1 fully saturated rings. The number of carbonyl (C=O) groups is 2. The third kappa shape index (κ3) is 2.91. The number of nitrogens with one attached hydrogen (secondary N) is 1. The van der Waals surface area contributed by atoms with Crippen molar-refractivity contribution in [3.63, 3.8) is 0 Å². The highest BCUT2D eigenvalue weighted by Gasteiger charge is 2.38. The van der Waals surface area contributed by atoms with E-state index in [9.17, 15) is 9.59 Å². The van der Waals surface area contributed by atoms with Gasteiger partial charge in [-0.25, -0.2) is 0 Å². The minimum absolute atomic E-state index is 0.189. The summed E-state index contributed by atoms with van der Waals surface area (Å²) in [6, 6.07) is 12.9. The lowest BCUT2D eigenvalue weighted by Crippen LogP contribution is -2.33. The summed E-state index contributed by atoms with van der Waals surface area (Å²) in [4.78, 5) is 26.8. The van der Waals surface area contributed by atoms with Crippen LogP contribution in [0.4, 0.5) is 11.4 Å². The van der Waals surface area contributed by atoms with Crippen molar-refractivity contribution < 1.29 is 19.1 Å². The molecule has 2 aromatic carbocycles. The molecule has 2 heterocycles. The monoisotopic (exact) mass is 338 g/mol. The van der Waals surface area contributed by atoms with E-state index in [-0.39, 0.29) is 18.6 Å².